The predicted octanol–water partition coefficient (Wildman–Crippen LogP) is 1.92. The Bertz CT molecular complexity index is 960. The van der Waals surface area contributed by atoms with Crippen LogP contribution in [0.3, 0.4) is 0 Å². The fourth-order valence-electron chi connectivity index (χ4n) is 2.81. The van der Waals surface area contributed by atoms with Gasteiger partial charge in [0.15, 0.2) is 5.52 Å². The van der Waals surface area contributed by atoms with E-state index in [-0.39, 0.29) is 23.9 Å². The van der Waals surface area contributed by atoms with Crippen LogP contribution in [0.25, 0.3) is 10.9 Å². The molecule has 25 heavy (non-hydrogen) atoms. The van der Waals surface area contributed by atoms with Crippen LogP contribution in [0.1, 0.15) is 29.9 Å². The van der Waals surface area contributed by atoms with E-state index in [1.54, 1.807) is 13.8 Å². The summed E-state index contributed by atoms with van der Waals surface area (Å²) in [4.78, 5) is 24.6. The number of nitrogens with one attached hydrogen (secondary N) is 1. The van der Waals surface area contributed by atoms with Crippen LogP contribution in [0.5, 0.6) is 0 Å². The summed E-state index contributed by atoms with van der Waals surface area (Å²) in [6, 6.07) is 9.93. The van der Waals surface area contributed by atoms with E-state index in [1.165, 1.54) is 0 Å². The normalized spacial score (nSPS) is 12.3. The van der Waals surface area contributed by atoms with Crippen LogP contribution >= 0.6 is 0 Å². The van der Waals surface area contributed by atoms with E-state index >= 15 is 0 Å². The summed E-state index contributed by atoms with van der Waals surface area (Å²) < 4.78 is 6.19. The minimum atomic E-state index is -0.427. The van der Waals surface area contributed by atoms with Crippen molar-refractivity contribution in [2.75, 3.05) is 6.54 Å². The van der Waals surface area contributed by atoms with Gasteiger partial charge in [-0.1, -0.05) is 42.4 Å². The Balaban J connectivity index is 1.70. The molecule has 0 spiro atoms. The molecule has 0 saturated carbocycles. The number of carbonyl (C=O) groups is 1. The molecular weight excluding hydrogens is 320 g/mol. The Labute approximate surface area is 144 Å². The smallest absolute Gasteiger partial charge is 0.297 e. The monoisotopic (exact) mass is 340 g/mol. The van der Waals surface area contributed by atoms with Crippen molar-refractivity contribution in [3.05, 3.63) is 57.7 Å². The van der Waals surface area contributed by atoms with Gasteiger partial charge >= 0.3 is 0 Å². The minimum absolute atomic E-state index is 0.150. The lowest BCUT2D eigenvalue weighted by Gasteiger charge is -2.13. The summed E-state index contributed by atoms with van der Waals surface area (Å²) in [6.45, 7) is 5.86. The molecule has 1 aromatic carbocycles. The number of fused-ring (bicyclic) bond motifs is 1. The van der Waals surface area contributed by atoms with Gasteiger partial charge in [0.1, 0.15) is 12.3 Å². The van der Waals surface area contributed by atoms with Crippen LogP contribution in [-0.2, 0) is 11.3 Å². The Morgan fingerprint density at radius 2 is 2.00 bits per heavy atom. The van der Waals surface area contributed by atoms with Crippen molar-refractivity contribution in [3.63, 3.8) is 0 Å². The molecule has 2 aromatic heterocycles. The lowest BCUT2D eigenvalue weighted by Crippen LogP contribution is -2.35. The first-order valence-corrected chi connectivity index (χ1v) is 8.12. The van der Waals surface area contributed by atoms with Crippen molar-refractivity contribution in [3.8, 4) is 0 Å². The molecular formula is C18H20N4O3. The molecule has 0 aliphatic rings. The maximum atomic E-state index is 12.4. The largest absolute Gasteiger partial charge is 0.360 e. The van der Waals surface area contributed by atoms with Gasteiger partial charge in [0, 0.05) is 6.54 Å². The topological polar surface area (TPSA) is 90.0 Å². The van der Waals surface area contributed by atoms with E-state index in [9.17, 15) is 9.59 Å². The Kier molecular flexibility index (Phi) is 4.65. The van der Waals surface area contributed by atoms with Crippen LogP contribution < -0.4 is 10.9 Å². The fourth-order valence-corrected chi connectivity index (χ4v) is 2.81. The van der Waals surface area contributed by atoms with E-state index in [1.807, 2.05) is 37.3 Å². The molecule has 130 valence electrons. The highest BCUT2D eigenvalue weighted by Crippen LogP contribution is 2.16. The molecule has 1 atom stereocenters. The SMILES string of the molecule is Cc1nn(CC(=O)NC[C@@H](C)c2ccccc2)c(=O)c2noc(C)c12. The summed E-state index contributed by atoms with van der Waals surface area (Å²) in [7, 11) is 0. The van der Waals surface area contributed by atoms with Crippen molar-refractivity contribution < 1.29 is 9.32 Å². The lowest BCUT2D eigenvalue weighted by molar-refractivity contribution is -0.121. The van der Waals surface area contributed by atoms with Crippen LogP contribution in [0.15, 0.2) is 39.6 Å². The van der Waals surface area contributed by atoms with Crippen molar-refractivity contribution in [2.24, 2.45) is 0 Å². The zero-order chi connectivity index (χ0) is 18.0. The fraction of sp³-hybridized carbons (Fsp3) is 0.333. The minimum Gasteiger partial charge on any atom is -0.360 e. The average molecular weight is 340 g/mol. The molecule has 0 unspecified atom stereocenters. The second-order valence-electron chi connectivity index (χ2n) is 6.13. The number of aromatic nitrogens is 3. The van der Waals surface area contributed by atoms with Gasteiger partial charge in [-0.2, -0.15) is 5.10 Å². The zero-order valence-electron chi connectivity index (χ0n) is 14.4. The Hall–Kier alpha value is -2.96. The third-order valence-electron chi connectivity index (χ3n) is 4.20. The summed E-state index contributed by atoms with van der Waals surface area (Å²) in [6.07, 6.45) is 0. The summed E-state index contributed by atoms with van der Waals surface area (Å²) in [5.41, 5.74) is 1.53. The molecule has 7 heteroatoms. The highest BCUT2D eigenvalue weighted by Gasteiger charge is 2.16. The number of carbonyl (C=O) groups excluding carboxylic acids is 1. The number of nitrogens with zero attached hydrogens (tertiary/aromatic N) is 3. The summed E-state index contributed by atoms with van der Waals surface area (Å²) >= 11 is 0. The van der Waals surface area contributed by atoms with Crippen molar-refractivity contribution in [2.45, 2.75) is 33.2 Å². The number of hydrogen-bond acceptors (Lipinski definition) is 5. The van der Waals surface area contributed by atoms with Gasteiger partial charge in [-0.05, 0) is 25.3 Å². The molecule has 7 nitrogen and oxygen atoms in total. The van der Waals surface area contributed by atoms with Crippen molar-refractivity contribution in [1.29, 1.82) is 0 Å². The first-order chi connectivity index (χ1) is 12.0. The molecule has 0 aliphatic heterocycles. The molecule has 1 amide bonds. The third-order valence-corrected chi connectivity index (χ3v) is 4.20. The molecule has 0 radical (unpaired) electrons. The van der Waals surface area contributed by atoms with Crippen LogP contribution in [0.4, 0.5) is 0 Å². The number of benzene rings is 1. The van der Waals surface area contributed by atoms with Gasteiger partial charge < -0.3 is 9.84 Å². The highest BCUT2D eigenvalue weighted by molar-refractivity contribution is 5.82. The number of rotatable bonds is 5. The van der Waals surface area contributed by atoms with Gasteiger partial charge in [-0.25, -0.2) is 4.68 Å². The number of hydrogen-bond donors (Lipinski definition) is 1. The van der Waals surface area contributed by atoms with E-state index in [4.69, 9.17) is 4.52 Å². The maximum absolute atomic E-state index is 12.4. The first-order valence-electron chi connectivity index (χ1n) is 8.12. The molecule has 0 saturated heterocycles. The van der Waals surface area contributed by atoms with Crippen LogP contribution in [0.2, 0.25) is 0 Å². The molecule has 0 fully saturated rings. The lowest BCUT2D eigenvalue weighted by atomic mass is 10.0. The highest BCUT2D eigenvalue weighted by atomic mass is 16.5. The predicted molar refractivity (Wildman–Crippen MR) is 93.4 cm³/mol. The average Bonchev–Trinajstić information content (AvgIpc) is 3.00. The van der Waals surface area contributed by atoms with E-state index in [0.29, 0.717) is 23.4 Å². The van der Waals surface area contributed by atoms with E-state index in [2.05, 4.69) is 15.6 Å². The number of aryl methyl sites for hydroxylation is 2. The van der Waals surface area contributed by atoms with Crippen LogP contribution in [-0.4, -0.2) is 27.4 Å². The molecule has 0 bridgehead atoms. The molecule has 2 heterocycles. The van der Waals surface area contributed by atoms with Crippen LogP contribution in [0, 0.1) is 13.8 Å². The standard InChI is InChI=1S/C18H20N4O3/c1-11(14-7-5-4-6-8-14)9-19-15(23)10-22-18(24)17-16(12(2)20-22)13(3)25-21-17/h4-8,11H,9-10H2,1-3H3,(H,19,23)/t11-/m1/s1. The molecule has 3 rings (SSSR count). The first kappa shape index (κ1) is 16.9. The number of amides is 1. The van der Waals surface area contributed by atoms with Gasteiger partial charge in [-0.15, -0.1) is 0 Å². The molecule has 0 aliphatic carbocycles. The van der Waals surface area contributed by atoms with Gasteiger partial charge in [0.2, 0.25) is 5.91 Å². The van der Waals surface area contributed by atoms with E-state index in [0.717, 1.165) is 10.2 Å². The Morgan fingerprint density at radius 3 is 2.72 bits per heavy atom. The van der Waals surface area contributed by atoms with Gasteiger partial charge in [0.25, 0.3) is 5.56 Å². The Morgan fingerprint density at radius 1 is 1.28 bits per heavy atom. The van der Waals surface area contributed by atoms with Crippen molar-refractivity contribution >= 4 is 16.8 Å². The van der Waals surface area contributed by atoms with Gasteiger partial charge in [-0.3, -0.25) is 9.59 Å². The quantitative estimate of drug-likeness (QED) is 0.766. The second-order valence-corrected chi connectivity index (χ2v) is 6.13. The van der Waals surface area contributed by atoms with Gasteiger partial charge in [0.05, 0.1) is 11.1 Å². The summed E-state index contributed by atoms with van der Waals surface area (Å²) in [5, 5.41) is 11.4. The summed E-state index contributed by atoms with van der Waals surface area (Å²) in [5.74, 6) is 0.457. The van der Waals surface area contributed by atoms with E-state index < -0.39 is 5.56 Å². The van der Waals surface area contributed by atoms with Crippen molar-refractivity contribution in [1.82, 2.24) is 20.3 Å². The molecule has 3 aromatic rings. The second kappa shape index (κ2) is 6.88. The zero-order valence-corrected chi connectivity index (χ0v) is 14.4. The molecule has 1 N–H and O–H groups in total. The third kappa shape index (κ3) is 3.45. The maximum Gasteiger partial charge on any atom is 0.297 e.